The van der Waals surface area contributed by atoms with Crippen molar-refractivity contribution in [3.63, 3.8) is 0 Å². The number of hydrogen-bond donors (Lipinski definition) is 0. The average molecular weight is 277 g/mol. The molecule has 2 aromatic carbocycles. The summed E-state index contributed by atoms with van der Waals surface area (Å²) in [6.07, 6.45) is 0. The minimum Gasteiger partial charge on any atom is -0.217 e. The summed E-state index contributed by atoms with van der Waals surface area (Å²) >= 11 is 0. The molecule has 0 bridgehead atoms. The number of rotatable bonds is 2. The van der Waals surface area contributed by atoms with Crippen molar-refractivity contribution in [1.29, 1.82) is 0 Å². The van der Waals surface area contributed by atoms with Crippen molar-refractivity contribution in [3.05, 3.63) is 64.8 Å². The van der Waals surface area contributed by atoms with Crippen LogP contribution in [0.2, 0.25) is 0 Å². The van der Waals surface area contributed by atoms with E-state index < -0.39 is 0 Å². The van der Waals surface area contributed by atoms with Crippen LogP contribution in [0.25, 0.3) is 16.9 Å². The maximum absolute atomic E-state index is 4.43. The minimum absolute atomic E-state index is 0.967. The molecule has 0 spiro atoms. The highest BCUT2D eigenvalue weighted by Gasteiger charge is 2.16. The molecule has 3 heteroatoms. The van der Waals surface area contributed by atoms with Gasteiger partial charge in [-0.2, -0.15) is 0 Å². The summed E-state index contributed by atoms with van der Waals surface area (Å²) in [6.45, 7) is 8.46. The molecule has 0 atom stereocenters. The average Bonchev–Trinajstić information content (AvgIpc) is 2.81. The van der Waals surface area contributed by atoms with Crippen LogP contribution in [0.5, 0.6) is 0 Å². The second kappa shape index (κ2) is 5.17. The van der Waals surface area contributed by atoms with Gasteiger partial charge in [0.2, 0.25) is 0 Å². The monoisotopic (exact) mass is 277 g/mol. The SMILES string of the molecule is Cc1cc(C)c(-c2nnn(-c3ccccc3)c2C)c(C)c1. The van der Waals surface area contributed by atoms with E-state index in [4.69, 9.17) is 0 Å². The first-order valence-electron chi connectivity index (χ1n) is 7.14. The van der Waals surface area contributed by atoms with Crippen LogP contribution in [0.4, 0.5) is 0 Å². The zero-order valence-electron chi connectivity index (χ0n) is 12.9. The lowest BCUT2D eigenvalue weighted by Gasteiger charge is -2.10. The lowest BCUT2D eigenvalue weighted by molar-refractivity contribution is 0.785. The zero-order valence-corrected chi connectivity index (χ0v) is 12.9. The summed E-state index contributed by atoms with van der Waals surface area (Å²) in [4.78, 5) is 0. The van der Waals surface area contributed by atoms with E-state index in [1.807, 2.05) is 35.0 Å². The highest BCUT2D eigenvalue weighted by molar-refractivity contribution is 5.70. The Morgan fingerprint density at radius 3 is 2.10 bits per heavy atom. The molecule has 0 saturated carbocycles. The van der Waals surface area contributed by atoms with Gasteiger partial charge in [-0.25, -0.2) is 4.68 Å². The Morgan fingerprint density at radius 1 is 0.857 bits per heavy atom. The Labute approximate surface area is 125 Å². The van der Waals surface area contributed by atoms with Crippen molar-refractivity contribution >= 4 is 0 Å². The molecule has 0 N–H and O–H groups in total. The largest absolute Gasteiger partial charge is 0.217 e. The Kier molecular flexibility index (Phi) is 3.34. The van der Waals surface area contributed by atoms with Crippen LogP contribution in [0, 0.1) is 27.7 Å². The molecule has 0 aliphatic heterocycles. The summed E-state index contributed by atoms with van der Waals surface area (Å²) < 4.78 is 1.90. The van der Waals surface area contributed by atoms with Gasteiger partial charge < -0.3 is 0 Å². The van der Waals surface area contributed by atoms with Crippen molar-refractivity contribution in [1.82, 2.24) is 15.0 Å². The molecule has 0 amide bonds. The zero-order chi connectivity index (χ0) is 15.0. The van der Waals surface area contributed by atoms with Crippen molar-refractivity contribution < 1.29 is 0 Å². The Balaban J connectivity index is 2.16. The maximum atomic E-state index is 4.43. The molecule has 3 rings (SSSR count). The molecule has 1 heterocycles. The van der Waals surface area contributed by atoms with Gasteiger partial charge in [-0.1, -0.05) is 41.1 Å². The Hall–Kier alpha value is -2.42. The molecule has 3 nitrogen and oxygen atoms in total. The molecular weight excluding hydrogens is 258 g/mol. The predicted octanol–water partition coefficient (Wildman–Crippen LogP) is 4.17. The fraction of sp³-hybridized carbons (Fsp3) is 0.222. The van der Waals surface area contributed by atoms with E-state index in [1.54, 1.807) is 0 Å². The van der Waals surface area contributed by atoms with Crippen LogP contribution in [-0.4, -0.2) is 15.0 Å². The van der Waals surface area contributed by atoms with Gasteiger partial charge in [-0.3, -0.25) is 0 Å². The summed E-state index contributed by atoms with van der Waals surface area (Å²) in [5.74, 6) is 0. The van der Waals surface area contributed by atoms with Crippen LogP contribution in [0.3, 0.4) is 0 Å². The highest BCUT2D eigenvalue weighted by Crippen LogP contribution is 2.29. The normalized spacial score (nSPS) is 10.9. The van der Waals surface area contributed by atoms with E-state index in [1.165, 1.54) is 22.3 Å². The van der Waals surface area contributed by atoms with Crippen molar-refractivity contribution in [2.45, 2.75) is 27.7 Å². The number of para-hydroxylation sites is 1. The summed E-state index contributed by atoms with van der Waals surface area (Å²) in [5, 5.41) is 8.76. The third kappa shape index (κ3) is 2.35. The Bertz CT molecular complexity index is 762. The molecule has 0 radical (unpaired) electrons. The molecule has 3 aromatic rings. The first kappa shape index (κ1) is 13.6. The highest BCUT2D eigenvalue weighted by atomic mass is 15.4. The fourth-order valence-corrected chi connectivity index (χ4v) is 2.93. The van der Waals surface area contributed by atoms with Gasteiger partial charge in [-0.15, -0.1) is 5.10 Å². The van der Waals surface area contributed by atoms with Gasteiger partial charge in [0.25, 0.3) is 0 Å². The molecule has 0 aliphatic carbocycles. The quantitative estimate of drug-likeness (QED) is 0.704. The fourth-order valence-electron chi connectivity index (χ4n) is 2.93. The molecule has 0 aliphatic rings. The lowest BCUT2D eigenvalue weighted by atomic mass is 9.96. The van der Waals surface area contributed by atoms with Gasteiger partial charge >= 0.3 is 0 Å². The van der Waals surface area contributed by atoms with E-state index in [2.05, 4.69) is 50.1 Å². The standard InChI is InChI=1S/C18H19N3/c1-12-10-13(2)17(14(3)11-12)18-15(4)21(20-19-18)16-8-6-5-7-9-16/h5-11H,1-4H3. The summed E-state index contributed by atoms with van der Waals surface area (Å²) in [5.41, 5.74) is 8.04. The van der Waals surface area contributed by atoms with Crippen molar-refractivity contribution in [2.75, 3.05) is 0 Å². The van der Waals surface area contributed by atoms with Gasteiger partial charge in [0.15, 0.2) is 0 Å². The lowest BCUT2D eigenvalue weighted by Crippen LogP contribution is -1.99. The molecule has 0 fully saturated rings. The third-order valence-corrected chi connectivity index (χ3v) is 3.81. The smallest absolute Gasteiger partial charge is 0.116 e. The predicted molar refractivity (Wildman–Crippen MR) is 85.7 cm³/mol. The van der Waals surface area contributed by atoms with Crippen molar-refractivity contribution in [2.24, 2.45) is 0 Å². The summed E-state index contributed by atoms with van der Waals surface area (Å²) in [6, 6.07) is 14.5. The second-order valence-electron chi connectivity index (χ2n) is 5.54. The first-order valence-corrected chi connectivity index (χ1v) is 7.14. The van der Waals surface area contributed by atoms with E-state index in [-0.39, 0.29) is 0 Å². The van der Waals surface area contributed by atoms with Crippen LogP contribution >= 0.6 is 0 Å². The molecule has 21 heavy (non-hydrogen) atoms. The maximum Gasteiger partial charge on any atom is 0.116 e. The van der Waals surface area contributed by atoms with Crippen LogP contribution < -0.4 is 0 Å². The van der Waals surface area contributed by atoms with E-state index in [9.17, 15) is 0 Å². The Morgan fingerprint density at radius 2 is 1.48 bits per heavy atom. The number of benzene rings is 2. The second-order valence-corrected chi connectivity index (χ2v) is 5.54. The third-order valence-electron chi connectivity index (χ3n) is 3.81. The number of hydrogen-bond acceptors (Lipinski definition) is 2. The molecule has 0 saturated heterocycles. The molecule has 106 valence electrons. The van der Waals surface area contributed by atoms with E-state index in [0.29, 0.717) is 0 Å². The van der Waals surface area contributed by atoms with E-state index in [0.717, 1.165) is 17.1 Å². The molecule has 0 unspecified atom stereocenters. The van der Waals surface area contributed by atoms with Gasteiger partial charge in [-0.05, 0) is 51.0 Å². The minimum atomic E-state index is 0.967. The molecule has 1 aromatic heterocycles. The van der Waals surface area contributed by atoms with Crippen LogP contribution in [0.15, 0.2) is 42.5 Å². The van der Waals surface area contributed by atoms with E-state index >= 15 is 0 Å². The van der Waals surface area contributed by atoms with Gasteiger partial charge in [0, 0.05) is 5.56 Å². The number of nitrogens with zero attached hydrogens (tertiary/aromatic N) is 3. The van der Waals surface area contributed by atoms with Gasteiger partial charge in [0.1, 0.15) is 5.69 Å². The molecular formula is C18H19N3. The number of aromatic nitrogens is 3. The first-order chi connectivity index (χ1) is 10.1. The van der Waals surface area contributed by atoms with Gasteiger partial charge in [0.05, 0.1) is 11.4 Å². The van der Waals surface area contributed by atoms with Crippen LogP contribution in [0.1, 0.15) is 22.4 Å². The van der Waals surface area contributed by atoms with Crippen molar-refractivity contribution in [3.8, 4) is 16.9 Å². The number of aryl methyl sites for hydroxylation is 3. The topological polar surface area (TPSA) is 30.7 Å². The van der Waals surface area contributed by atoms with Crippen LogP contribution in [-0.2, 0) is 0 Å². The summed E-state index contributed by atoms with van der Waals surface area (Å²) in [7, 11) is 0.